The van der Waals surface area contributed by atoms with Gasteiger partial charge in [0, 0.05) is 41.6 Å². The number of ketones is 1. The Kier molecular flexibility index (Phi) is 7.85. The van der Waals surface area contributed by atoms with E-state index in [1.165, 1.54) is 19.9 Å². The molecule has 4 atom stereocenters. The number of rotatable bonds is 9. The Labute approximate surface area is 263 Å². The van der Waals surface area contributed by atoms with Crippen LogP contribution in [0.2, 0.25) is 0 Å². The molecule has 44 heavy (non-hydrogen) atoms. The Morgan fingerprint density at radius 2 is 1.91 bits per heavy atom. The van der Waals surface area contributed by atoms with Crippen molar-refractivity contribution >= 4 is 49.1 Å². The molecule has 3 aromatic rings. The lowest BCUT2D eigenvalue weighted by Gasteiger charge is -2.28. The van der Waals surface area contributed by atoms with Crippen LogP contribution in [-0.4, -0.2) is 54.2 Å². The maximum atomic E-state index is 13.9. The minimum Gasteiger partial charge on any atom is -0.337 e. The van der Waals surface area contributed by atoms with E-state index >= 15 is 0 Å². The lowest BCUT2D eigenvalue weighted by molar-refractivity contribution is -0.140. The molecule has 3 heterocycles. The third-order valence-corrected chi connectivity index (χ3v) is 9.66. The molecule has 3 fully saturated rings. The smallest absolute Gasteiger partial charge is 0.248 e. The fourth-order valence-corrected chi connectivity index (χ4v) is 7.02. The summed E-state index contributed by atoms with van der Waals surface area (Å²) in [4.78, 5) is 54.6. The van der Waals surface area contributed by atoms with Crippen LogP contribution in [0.3, 0.4) is 0 Å². The highest BCUT2D eigenvalue weighted by Crippen LogP contribution is 2.55. The van der Waals surface area contributed by atoms with Crippen molar-refractivity contribution in [3.63, 3.8) is 0 Å². The lowest BCUT2D eigenvalue weighted by Crippen LogP contribution is -2.49. The topological polar surface area (TPSA) is 110 Å². The first-order valence-corrected chi connectivity index (χ1v) is 15.6. The quantitative estimate of drug-likeness (QED) is 0.229. The van der Waals surface area contributed by atoms with Gasteiger partial charge in [0.15, 0.2) is 11.6 Å². The van der Waals surface area contributed by atoms with E-state index in [4.69, 9.17) is 0 Å². The van der Waals surface area contributed by atoms with Crippen molar-refractivity contribution in [2.45, 2.75) is 59.0 Å². The Morgan fingerprint density at radius 1 is 1.20 bits per heavy atom. The molecular weight excluding hydrogens is 627 g/mol. The summed E-state index contributed by atoms with van der Waals surface area (Å²) < 4.78 is 15.6. The average Bonchev–Trinajstić information content (AvgIpc) is 3.85. The van der Waals surface area contributed by atoms with Gasteiger partial charge in [0.2, 0.25) is 11.8 Å². The van der Waals surface area contributed by atoms with E-state index in [1.54, 1.807) is 23.5 Å². The molecule has 1 aromatic carbocycles. The second kappa shape index (κ2) is 11.5. The van der Waals surface area contributed by atoms with E-state index < -0.39 is 17.8 Å². The number of nitrogens with zero attached hydrogens (tertiary/aromatic N) is 5. The highest BCUT2D eigenvalue weighted by Gasteiger charge is 2.62. The maximum Gasteiger partial charge on any atom is 0.248 e. The van der Waals surface area contributed by atoms with Crippen molar-refractivity contribution in [2.24, 2.45) is 22.7 Å². The highest BCUT2D eigenvalue weighted by atomic mass is 79.9. The molecule has 2 saturated carbocycles. The first-order valence-electron chi connectivity index (χ1n) is 14.8. The van der Waals surface area contributed by atoms with Crippen LogP contribution in [0.4, 0.5) is 4.39 Å². The Hall–Kier alpha value is -3.99. The van der Waals surface area contributed by atoms with Crippen molar-refractivity contribution in [2.75, 3.05) is 6.54 Å². The van der Waals surface area contributed by atoms with E-state index in [0.717, 1.165) is 40.4 Å². The fraction of sp³-hybridized carbons (Fsp3) is 0.394. The van der Waals surface area contributed by atoms with Gasteiger partial charge in [-0.05, 0) is 103 Å². The number of aliphatic imine (C=N–C) groups is 1. The number of piperidine rings is 1. The van der Waals surface area contributed by atoms with Crippen LogP contribution in [0, 0.1) is 24.7 Å². The molecule has 2 amide bonds. The van der Waals surface area contributed by atoms with Crippen LogP contribution in [0.25, 0.3) is 22.0 Å². The number of carbonyl (C=O) groups is 3. The molecule has 3 unspecified atom stereocenters. The van der Waals surface area contributed by atoms with Crippen LogP contribution in [0.1, 0.15) is 61.3 Å². The Morgan fingerprint density at radius 3 is 2.55 bits per heavy atom. The van der Waals surface area contributed by atoms with Gasteiger partial charge in [-0.15, -0.1) is 0 Å². The zero-order chi connectivity index (χ0) is 31.4. The molecule has 0 radical (unpaired) electrons. The van der Waals surface area contributed by atoms with E-state index in [2.05, 4.69) is 55.8 Å². The minimum atomic E-state index is -0.690. The number of amides is 2. The van der Waals surface area contributed by atoms with Crippen LogP contribution < -0.4 is 5.32 Å². The summed E-state index contributed by atoms with van der Waals surface area (Å²) in [5, 5.41) is 3.46. The molecule has 2 aliphatic carbocycles. The average molecular weight is 662 g/mol. The summed E-state index contributed by atoms with van der Waals surface area (Å²) in [6.07, 6.45) is 8.65. The number of hydrogen-bond donors (Lipinski definition) is 1. The second-order valence-electron chi connectivity index (χ2n) is 12.0. The summed E-state index contributed by atoms with van der Waals surface area (Å²) in [6, 6.07) is 3.42. The molecule has 1 saturated heterocycles. The number of aromatic nitrogens is 3. The Balaban J connectivity index is 1.31. The van der Waals surface area contributed by atoms with Crippen molar-refractivity contribution in [3.05, 3.63) is 72.0 Å². The van der Waals surface area contributed by atoms with Crippen molar-refractivity contribution in [3.8, 4) is 11.1 Å². The number of carbonyl (C=O) groups excluding carboxylic acids is 3. The van der Waals surface area contributed by atoms with Crippen molar-refractivity contribution < 1.29 is 18.8 Å². The van der Waals surface area contributed by atoms with Crippen LogP contribution in [-0.2, 0) is 16.1 Å². The Bertz CT molecular complexity index is 1770. The van der Waals surface area contributed by atoms with Gasteiger partial charge < -0.3 is 14.8 Å². The van der Waals surface area contributed by atoms with Gasteiger partial charge in [0.25, 0.3) is 0 Å². The number of benzene rings is 1. The zero-order valence-electron chi connectivity index (χ0n) is 25.1. The summed E-state index contributed by atoms with van der Waals surface area (Å²) in [7, 11) is 0. The number of allylic oxidation sites excluding steroid dienone is 2. The maximum absolute atomic E-state index is 13.9. The third-order valence-electron chi connectivity index (χ3n) is 9.10. The summed E-state index contributed by atoms with van der Waals surface area (Å²) >= 11 is 3.05. The first kappa shape index (κ1) is 30.1. The summed E-state index contributed by atoms with van der Waals surface area (Å²) in [5.41, 5.74) is 4.31. The second-order valence-corrected chi connectivity index (χ2v) is 12.8. The van der Waals surface area contributed by atoms with Gasteiger partial charge in [-0.1, -0.05) is 13.5 Å². The van der Waals surface area contributed by atoms with Crippen molar-refractivity contribution in [1.29, 1.82) is 0 Å². The number of fused-ring (bicyclic) bond motifs is 2. The molecule has 1 N–H and O–H groups in total. The number of halogens is 2. The fourth-order valence-electron chi connectivity index (χ4n) is 6.57. The van der Waals surface area contributed by atoms with E-state index in [9.17, 15) is 18.8 Å². The minimum absolute atomic E-state index is 0.00869. The molecule has 11 heteroatoms. The number of nitrogens with one attached hydrogen (secondary N) is 1. The van der Waals surface area contributed by atoms with E-state index in [0.29, 0.717) is 29.8 Å². The van der Waals surface area contributed by atoms with E-state index in [-0.39, 0.29) is 40.5 Å². The number of hydrogen-bond acceptors (Lipinski definition) is 6. The molecule has 0 spiro atoms. The van der Waals surface area contributed by atoms with Gasteiger partial charge in [-0.2, -0.15) is 0 Å². The van der Waals surface area contributed by atoms with Crippen LogP contribution in [0.15, 0.2) is 60.0 Å². The van der Waals surface area contributed by atoms with E-state index in [1.807, 2.05) is 17.6 Å². The van der Waals surface area contributed by atoms with Crippen LogP contribution >= 0.6 is 15.9 Å². The molecule has 9 nitrogen and oxygen atoms in total. The van der Waals surface area contributed by atoms with Crippen LogP contribution in [0.5, 0.6) is 0 Å². The largest absolute Gasteiger partial charge is 0.337 e. The van der Waals surface area contributed by atoms with Gasteiger partial charge in [-0.3, -0.25) is 14.4 Å². The van der Waals surface area contributed by atoms with Gasteiger partial charge in [-0.25, -0.2) is 19.4 Å². The summed E-state index contributed by atoms with van der Waals surface area (Å²) in [5.74, 6) is 0.298. The van der Waals surface area contributed by atoms with Crippen molar-refractivity contribution in [1.82, 2.24) is 24.8 Å². The first-order chi connectivity index (χ1) is 21.0. The predicted molar refractivity (Wildman–Crippen MR) is 170 cm³/mol. The summed E-state index contributed by atoms with van der Waals surface area (Å²) in [6.45, 7) is 11.2. The third kappa shape index (κ3) is 5.53. The van der Waals surface area contributed by atoms with Gasteiger partial charge in [0.05, 0.1) is 5.52 Å². The number of likely N-dealkylation sites (tertiary alicyclic amines) is 1. The number of aryl methyl sites for hydroxylation is 1. The predicted octanol–water partition coefficient (Wildman–Crippen LogP) is 5.83. The lowest BCUT2D eigenvalue weighted by atomic mass is 9.97. The molecule has 6 rings (SSSR count). The molecule has 1 aliphatic heterocycles. The standard InChI is InChI=1S/C33H34BrFN6O3/c1-6-27(35)32(34)38-19(5)39-33(44)31-29-16(2)25(29)14-41(31)28(43)15-40-13-26(17(3)42)24-10-21(22-11-36-18(4)37-12-22)9-23(30(24)40)20-7-8-20/h6,9-13,16,20,25,29,31H,5,7-8,14-15H2,1-4H3,(H,39,44)/b27-6+,38-32+/t16?,25?,29?,31-/m0/s1. The van der Waals surface area contributed by atoms with Gasteiger partial charge in [0.1, 0.15) is 28.9 Å². The van der Waals surface area contributed by atoms with Gasteiger partial charge >= 0.3 is 0 Å². The SMILES string of the molecule is C=C(/N=C(Br)\C(F)=C/C)NC(=O)[C@@H]1C2C(C)C2CN1C(=O)Cn1cc(C(C)=O)c2cc(-c3cnc(C)nc3)cc(C3CC3)c21. The zero-order valence-corrected chi connectivity index (χ0v) is 26.7. The molecule has 3 aliphatic rings. The molecule has 0 bridgehead atoms. The molecule has 228 valence electrons. The molecular formula is C33H34BrFN6O3. The number of Topliss-reactive ketones (excluding diaryl/α,β-unsaturated/α-hetero) is 1. The normalized spacial score (nSPS) is 23.1. The molecule has 2 aromatic heterocycles. The monoisotopic (exact) mass is 660 g/mol. The highest BCUT2D eigenvalue weighted by molar-refractivity contribution is 9.18.